The lowest BCUT2D eigenvalue weighted by Crippen LogP contribution is -1.66. The number of aromatic amines is 1. The second-order valence-electron chi connectivity index (χ2n) is 1.09. The van der Waals surface area contributed by atoms with Crippen molar-refractivity contribution in [2.24, 2.45) is 0 Å². The molecule has 0 atom stereocenters. The van der Waals surface area contributed by atoms with Crippen molar-refractivity contribution in [3.8, 4) is 0 Å². The molecule has 0 aromatic carbocycles. The van der Waals surface area contributed by atoms with Crippen molar-refractivity contribution < 1.29 is 0 Å². The van der Waals surface area contributed by atoms with Gasteiger partial charge in [0.05, 0.1) is 6.20 Å². The van der Waals surface area contributed by atoms with Crippen LogP contribution >= 0.6 is 11.8 Å². The van der Waals surface area contributed by atoms with Crippen molar-refractivity contribution in [1.82, 2.24) is 15.4 Å². The molecule has 4 heteroatoms. The standard InChI is InChI=1S/C4H5N3S/c1-2-8-4-3-5-7-6-4/h2-3H,1H2,(H,5,6,7). The van der Waals surface area contributed by atoms with Gasteiger partial charge in [0.1, 0.15) is 5.03 Å². The predicted octanol–water partition coefficient (Wildman–Crippen LogP) is 1.04. The molecule has 1 aromatic rings. The summed E-state index contributed by atoms with van der Waals surface area (Å²) in [6.07, 6.45) is 1.65. The largest absolute Gasteiger partial charge is 0.197 e. The van der Waals surface area contributed by atoms with Crippen LogP contribution in [0.3, 0.4) is 0 Å². The third kappa shape index (κ3) is 1.10. The first-order valence-corrected chi connectivity index (χ1v) is 2.95. The quantitative estimate of drug-likeness (QED) is 0.603. The normalized spacial score (nSPS) is 9.00. The summed E-state index contributed by atoms with van der Waals surface area (Å²) >= 11 is 1.44. The summed E-state index contributed by atoms with van der Waals surface area (Å²) in [7, 11) is 0. The highest BCUT2D eigenvalue weighted by Gasteiger charge is 1.88. The number of H-pyrrole nitrogens is 1. The molecule has 0 unspecified atom stereocenters. The van der Waals surface area contributed by atoms with Crippen LogP contribution < -0.4 is 0 Å². The SMILES string of the molecule is C=CSc1cn[nH]n1. The van der Waals surface area contributed by atoms with Crippen LogP contribution in [0.15, 0.2) is 23.2 Å². The van der Waals surface area contributed by atoms with E-state index in [-0.39, 0.29) is 0 Å². The zero-order chi connectivity index (χ0) is 5.82. The Bertz CT molecular complexity index is 158. The Morgan fingerprint density at radius 1 is 1.88 bits per heavy atom. The minimum Gasteiger partial charge on any atom is -0.197 e. The molecule has 0 saturated carbocycles. The van der Waals surface area contributed by atoms with E-state index in [0.717, 1.165) is 5.03 Å². The van der Waals surface area contributed by atoms with E-state index in [1.54, 1.807) is 11.6 Å². The maximum absolute atomic E-state index is 3.76. The van der Waals surface area contributed by atoms with Crippen LogP contribution in [-0.2, 0) is 0 Å². The van der Waals surface area contributed by atoms with Crippen LogP contribution in [0, 0.1) is 0 Å². The fourth-order valence-corrected chi connectivity index (χ4v) is 0.711. The number of rotatable bonds is 2. The van der Waals surface area contributed by atoms with Crippen molar-refractivity contribution in [3.05, 3.63) is 18.2 Å². The van der Waals surface area contributed by atoms with Gasteiger partial charge in [0.25, 0.3) is 0 Å². The monoisotopic (exact) mass is 127 g/mol. The van der Waals surface area contributed by atoms with Crippen molar-refractivity contribution in [2.45, 2.75) is 5.03 Å². The van der Waals surface area contributed by atoms with E-state index < -0.39 is 0 Å². The van der Waals surface area contributed by atoms with E-state index in [4.69, 9.17) is 0 Å². The summed E-state index contributed by atoms with van der Waals surface area (Å²) in [5, 5.41) is 12.4. The van der Waals surface area contributed by atoms with Gasteiger partial charge in [0.15, 0.2) is 0 Å². The number of hydrogen-bond donors (Lipinski definition) is 1. The van der Waals surface area contributed by atoms with Crippen molar-refractivity contribution in [3.63, 3.8) is 0 Å². The molecule has 1 aromatic heterocycles. The van der Waals surface area contributed by atoms with Gasteiger partial charge in [-0.3, -0.25) is 0 Å². The summed E-state index contributed by atoms with van der Waals surface area (Å²) in [6, 6.07) is 0. The zero-order valence-electron chi connectivity index (χ0n) is 4.16. The van der Waals surface area contributed by atoms with Gasteiger partial charge in [-0.2, -0.15) is 10.3 Å². The van der Waals surface area contributed by atoms with Crippen LogP contribution in [0.5, 0.6) is 0 Å². The summed E-state index contributed by atoms with van der Waals surface area (Å²) in [6.45, 7) is 3.52. The topological polar surface area (TPSA) is 41.6 Å². The Morgan fingerprint density at radius 3 is 3.25 bits per heavy atom. The number of aromatic nitrogens is 3. The molecular weight excluding hydrogens is 122 g/mol. The Balaban J connectivity index is 2.62. The summed E-state index contributed by atoms with van der Waals surface area (Å²) in [5.74, 6) is 0. The Labute approximate surface area is 51.2 Å². The third-order valence-electron chi connectivity index (χ3n) is 0.597. The van der Waals surface area contributed by atoms with Crippen LogP contribution in [0.2, 0.25) is 0 Å². The summed E-state index contributed by atoms with van der Waals surface area (Å²) in [5.41, 5.74) is 0. The highest BCUT2D eigenvalue weighted by atomic mass is 32.2. The van der Waals surface area contributed by atoms with E-state index in [1.165, 1.54) is 11.8 Å². The minimum atomic E-state index is 0.847. The molecule has 0 amide bonds. The van der Waals surface area contributed by atoms with Gasteiger partial charge in [-0.05, 0) is 5.41 Å². The van der Waals surface area contributed by atoms with E-state index in [0.29, 0.717) is 0 Å². The molecule has 1 N–H and O–H groups in total. The van der Waals surface area contributed by atoms with Gasteiger partial charge < -0.3 is 0 Å². The smallest absolute Gasteiger partial charge is 0.142 e. The second-order valence-corrected chi connectivity index (χ2v) is 2.08. The molecule has 42 valence electrons. The molecule has 0 aliphatic heterocycles. The molecule has 1 heterocycles. The van der Waals surface area contributed by atoms with Crippen LogP contribution in [0.4, 0.5) is 0 Å². The fourth-order valence-electron chi connectivity index (χ4n) is 0.333. The van der Waals surface area contributed by atoms with E-state index in [1.807, 2.05) is 0 Å². The molecule has 0 fully saturated rings. The number of hydrogen-bond acceptors (Lipinski definition) is 3. The summed E-state index contributed by atoms with van der Waals surface area (Å²) < 4.78 is 0. The molecule has 0 aliphatic carbocycles. The average molecular weight is 127 g/mol. The summed E-state index contributed by atoms with van der Waals surface area (Å²) in [4.78, 5) is 0. The minimum absolute atomic E-state index is 0.847. The third-order valence-corrected chi connectivity index (χ3v) is 1.20. The number of nitrogens with one attached hydrogen (secondary N) is 1. The maximum atomic E-state index is 3.76. The predicted molar refractivity (Wildman–Crippen MR) is 32.4 cm³/mol. The van der Waals surface area contributed by atoms with Crippen LogP contribution in [-0.4, -0.2) is 15.4 Å². The zero-order valence-corrected chi connectivity index (χ0v) is 4.98. The van der Waals surface area contributed by atoms with Crippen molar-refractivity contribution in [2.75, 3.05) is 0 Å². The lowest BCUT2D eigenvalue weighted by Gasteiger charge is -1.77. The first-order valence-electron chi connectivity index (χ1n) is 2.07. The second kappa shape index (κ2) is 2.52. The Morgan fingerprint density at radius 2 is 2.75 bits per heavy atom. The molecule has 8 heavy (non-hydrogen) atoms. The van der Waals surface area contributed by atoms with E-state index in [2.05, 4.69) is 22.0 Å². The van der Waals surface area contributed by atoms with Crippen molar-refractivity contribution in [1.29, 1.82) is 0 Å². The molecule has 0 saturated heterocycles. The van der Waals surface area contributed by atoms with Crippen molar-refractivity contribution >= 4 is 11.8 Å². The van der Waals surface area contributed by atoms with Gasteiger partial charge >= 0.3 is 0 Å². The van der Waals surface area contributed by atoms with Gasteiger partial charge in [0, 0.05) is 0 Å². The highest BCUT2D eigenvalue weighted by Crippen LogP contribution is 2.11. The first kappa shape index (κ1) is 5.37. The van der Waals surface area contributed by atoms with Crippen LogP contribution in [0.25, 0.3) is 0 Å². The fraction of sp³-hybridized carbons (Fsp3) is 0. The van der Waals surface area contributed by atoms with Gasteiger partial charge in [0.2, 0.25) is 0 Å². The van der Waals surface area contributed by atoms with Gasteiger partial charge in [-0.25, -0.2) is 0 Å². The highest BCUT2D eigenvalue weighted by molar-refractivity contribution is 8.02. The van der Waals surface area contributed by atoms with E-state index >= 15 is 0 Å². The maximum Gasteiger partial charge on any atom is 0.142 e. The molecule has 3 nitrogen and oxygen atoms in total. The van der Waals surface area contributed by atoms with Gasteiger partial charge in [-0.15, -0.1) is 5.10 Å². The average Bonchev–Trinajstić information content (AvgIpc) is 2.19. The Hall–Kier alpha value is -0.770. The number of thioether (sulfide) groups is 1. The number of nitrogens with zero attached hydrogens (tertiary/aromatic N) is 2. The lowest BCUT2D eigenvalue weighted by atomic mass is 11.0. The molecule has 1 rings (SSSR count). The Kier molecular flexibility index (Phi) is 1.69. The lowest BCUT2D eigenvalue weighted by molar-refractivity contribution is 0.912. The van der Waals surface area contributed by atoms with Crippen LogP contribution in [0.1, 0.15) is 0 Å². The molecule has 0 radical (unpaired) electrons. The first-order chi connectivity index (χ1) is 3.93. The molecule has 0 bridgehead atoms. The molecule has 0 aliphatic rings. The molecular formula is C4H5N3S. The van der Waals surface area contributed by atoms with Gasteiger partial charge in [-0.1, -0.05) is 18.3 Å². The van der Waals surface area contributed by atoms with E-state index in [9.17, 15) is 0 Å². The molecule has 0 spiro atoms.